The third kappa shape index (κ3) is 6.73. The summed E-state index contributed by atoms with van der Waals surface area (Å²) in [7, 11) is -1.31. The van der Waals surface area contributed by atoms with Gasteiger partial charge in [-0.25, -0.2) is 13.8 Å². The van der Waals surface area contributed by atoms with Crippen molar-refractivity contribution < 1.29 is 22.7 Å². The quantitative estimate of drug-likeness (QED) is 0.170. The number of hydrogen-bond donors (Lipinski definition) is 1. The Morgan fingerprint density at radius 1 is 0.929 bits per heavy atom. The molecule has 0 aliphatic rings. The SMILES string of the molecule is COc1ccc(S(=O)(=O)N(CC(=O)N/N=C/c2cc(C)n(-c3cc(Cl)cc(Cl)c3)c2C)c2ccc(C)cc2)cc1OC. The number of sulfonamides is 1. The summed E-state index contributed by atoms with van der Waals surface area (Å²) in [5, 5.41) is 5.12. The number of anilines is 1. The number of amides is 1. The summed E-state index contributed by atoms with van der Waals surface area (Å²) >= 11 is 12.4. The van der Waals surface area contributed by atoms with Crippen LogP contribution in [0.4, 0.5) is 5.69 Å². The van der Waals surface area contributed by atoms with Crippen molar-refractivity contribution >= 4 is 51.0 Å². The lowest BCUT2D eigenvalue weighted by molar-refractivity contribution is -0.119. The lowest BCUT2D eigenvalue weighted by Crippen LogP contribution is -2.39. The highest BCUT2D eigenvalue weighted by molar-refractivity contribution is 7.92. The Hall–Kier alpha value is -3.99. The molecule has 0 radical (unpaired) electrons. The molecule has 9 nitrogen and oxygen atoms in total. The Balaban J connectivity index is 1.59. The van der Waals surface area contributed by atoms with Crippen LogP contribution in [-0.2, 0) is 14.8 Å². The molecule has 4 aromatic rings. The first-order valence-electron chi connectivity index (χ1n) is 12.7. The second-order valence-corrected chi connectivity index (χ2v) is 12.2. The molecule has 0 aliphatic carbocycles. The second kappa shape index (κ2) is 12.9. The van der Waals surface area contributed by atoms with Crippen molar-refractivity contribution in [2.24, 2.45) is 5.10 Å². The van der Waals surface area contributed by atoms with Gasteiger partial charge in [-0.05, 0) is 69.3 Å². The number of halogens is 2. The summed E-state index contributed by atoms with van der Waals surface area (Å²) in [6.45, 7) is 5.20. The monoisotopic (exact) mass is 628 g/mol. The topological polar surface area (TPSA) is 102 Å². The van der Waals surface area contributed by atoms with Crippen LogP contribution in [0.25, 0.3) is 5.69 Å². The van der Waals surface area contributed by atoms with Gasteiger partial charge < -0.3 is 14.0 Å². The van der Waals surface area contributed by atoms with E-state index >= 15 is 0 Å². The maximum absolute atomic E-state index is 13.8. The van der Waals surface area contributed by atoms with E-state index in [1.807, 2.05) is 31.4 Å². The van der Waals surface area contributed by atoms with Gasteiger partial charge >= 0.3 is 0 Å². The van der Waals surface area contributed by atoms with E-state index in [1.54, 1.807) is 42.5 Å². The molecular weight excluding hydrogens is 599 g/mol. The normalized spacial score (nSPS) is 11.5. The van der Waals surface area contributed by atoms with Gasteiger partial charge in [0, 0.05) is 38.8 Å². The zero-order valence-corrected chi connectivity index (χ0v) is 26.0. The fourth-order valence-corrected chi connectivity index (χ4v) is 6.41. The van der Waals surface area contributed by atoms with Gasteiger partial charge in [0.2, 0.25) is 0 Å². The molecule has 12 heteroatoms. The molecule has 0 fully saturated rings. The number of benzene rings is 3. The number of carbonyl (C=O) groups is 1. The molecular formula is C30H30Cl2N4O5S. The van der Waals surface area contributed by atoms with Crippen LogP contribution in [0.2, 0.25) is 10.0 Å². The number of ether oxygens (including phenoxy) is 2. The third-order valence-corrected chi connectivity index (χ3v) is 8.73. The van der Waals surface area contributed by atoms with E-state index in [-0.39, 0.29) is 10.6 Å². The first kappa shape index (κ1) is 31.0. The fourth-order valence-electron chi connectivity index (χ4n) is 4.45. The molecule has 0 saturated carbocycles. The number of carbonyl (C=O) groups excluding carboxylic acids is 1. The van der Waals surface area contributed by atoms with Crippen molar-refractivity contribution in [2.45, 2.75) is 25.7 Å². The van der Waals surface area contributed by atoms with Crippen LogP contribution < -0.4 is 19.2 Å². The zero-order valence-electron chi connectivity index (χ0n) is 23.7. The van der Waals surface area contributed by atoms with Crippen molar-refractivity contribution in [1.29, 1.82) is 0 Å². The van der Waals surface area contributed by atoms with Gasteiger partial charge in [0.15, 0.2) is 11.5 Å². The largest absolute Gasteiger partial charge is 0.493 e. The van der Waals surface area contributed by atoms with Crippen LogP contribution in [0.1, 0.15) is 22.5 Å². The first-order chi connectivity index (χ1) is 19.9. The van der Waals surface area contributed by atoms with E-state index in [0.717, 1.165) is 32.5 Å². The lowest BCUT2D eigenvalue weighted by atomic mass is 10.2. The first-order valence-corrected chi connectivity index (χ1v) is 14.9. The fraction of sp³-hybridized carbons (Fsp3) is 0.200. The predicted octanol–water partition coefficient (Wildman–Crippen LogP) is 6.07. The molecule has 0 saturated heterocycles. The molecule has 220 valence electrons. The van der Waals surface area contributed by atoms with Crippen LogP contribution in [0.5, 0.6) is 11.5 Å². The maximum atomic E-state index is 13.8. The zero-order chi connectivity index (χ0) is 30.6. The number of nitrogens with zero attached hydrogens (tertiary/aromatic N) is 3. The molecule has 0 atom stereocenters. The van der Waals surface area contributed by atoms with Crippen molar-refractivity contribution in [3.8, 4) is 17.2 Å². The van der Waals surface area contributed by atoms with Gasteiger partial charge in [0.25, 0.3) is 15.9 Å². The summed E-state index contributed by atoms with van der Waals surface area (Å²) < 4.78 is 41.1. The molecule has 0 spiro atoms. The Bertz CT molecular complexity index is 1730. The standard InChI is InChI=1S/C30H30Cl2N4O5S/c1-19-6-8-25(9-7-19)35(42(38,39)27-10-11-28(40-4)29(16-27)41-5)18-30(37)34-33-17-22-12-20(2)36(21(22)3)26-14-23(31)13-24(32)15-26/h6-17H,18H2,1-5H3,(H,34,37)/b33-17+. The van der Waals surface area contributed by atoms with E-state index in [9.17, 15) is 13.2 Å². The Labute approximate surface area is 255 Å². The number of hydrazone groups is 1. The summed E-state index contributed by atoms with van der Waals surface area (Å²) in [6, 6.07) is 18.2. The molecule has 1 heterocycles. The van der Waals surface area contributed by atoms with Crippen molar-refractivity contribution in [3.05, 3.63) is 99.3 Å². The Morgan fingerprint density at radius 3 is 2.19 bits per heavy atom. The average molecular weight is 630 g/mol. The van der Waals surface area contributed by atoms with Crippen LogP contribution in [0.15, 0.2) is 76.7 Å². The highest BCUT2D eigenvalue weighted by Crippen LogP contribution is 2.32. The van der Waals surface area contributed by atoms with E-state index in [2.05, 4.69) is 10.5 Å². The third-order valence-electron chi connectivity index (χ3n) is 6.52. The molecule has 1 amide bonds. The van der Waals surface area contributed by atoms with Crippen LogP contribution >= 0.6 is 23.2 Å². The van der Waals surface area contributed by atoms with Gasteiger partial charge in [-0.15, -0.1) is 0 Å². The smallest absolute Gasteiger partial charge is 0.264 e. The minimum atomic E-state index is -4.18. The number of nitrogens with one attached hydrogen (secondary N) is 1. The van der Waals surface area contributed by atoms with Gasteiger partial charge in [-0.3, -0.25) is 9.10 Å². The van der Waals surface area contributed by atoms with Gasteiger partial charge in [0.1, 0.15) is 6.54 Å². The molecule has 0 aliphatic heterocycles. The van der Waals surface area contributed by atoms with Crippen LogP contribution in [0, 0.1) is 20.8 Å². The second-order valence-electron chi connectivity index (χ2n) is 9.45. The number of rotatable bonds is 10. The summed E-state index contributed by atoms with van der Waals surface area (Å²) in [5.41, 5.74) is 7.00. The highest BCUT2D eigenvalue weighted by Gasteiger charge is 2.28. The van der Waals surface area contributed by atoms with E-state index < -0.39 is 22.5 Å². The number of aryl methyl sites for hydroxylation is 2. The number of hydrogen-bond acceptors (Lipinski definition) is 6. The maximum Gasteiger partial charge on any atom is 0.264 e. The summed E-state index contributed by atoms with van der Waals surface area (Å²) in [4.78, 5) is 13.0. The molecule has 0 bridgehead atoms. The Kier molecular flexibility index (Phi) is 9.50. The van der Waals surface area contributed by atoms with E-state index in [4.69, 9.17) is 32.7 Å². The van der Waals surface area contributed by atoms with Crippen molar-refractivity contribution in [1.82, 2.24) is 9.99 Å². The van der Waals surface area contributed by atoms with Gasteiger partial charge in [-0.2, -0.15) is 5.10 Å². The molecule has 3 aromatic carbocycles. The summed E-state index contributed by atoms with van der Waals surface area (Å²) in [6.07, 6.45) is 1.50. The average Bonchev–Trinajstić information content (AvgIpc) is 3.23. The Morgan fingerprint density at radius 2 is 1.57 bits per heavy atom. The molecule has 42 heavy (non-hydrogen) atoms. The summed E-state index contributed by atoms with van der Waals surface area (Å²) in [5.74, 6) is -0.0105. The van der Waals surface area contributed by atoms with E-state index in [0.29, 0.717) is 21.5 Å². The molecule has 4 rings (SSSR count). The van der Waals surface area contributed by atoms with Crippen LogP contribution in [0.3, 0.4) is 0 Å². The minimum Gasteiger partial charge on any atom is -0.493 e. The lowest BCUT2D eigenvalue weighted by Gasteiger charge is -2.24. The molecule has 1 aromatic heterocycles. The number of methoxy groups -OCH3 is 2. The van der Waals surface area contributed by atoms with Crippen molar-refractivity contribution in [3.63, 3.8) is 0 Å². The minimum absolute atomic E-state index is 0.0643. The highest BCUT2D eigenvalue weighted by atomic mass is 35.5. The number of aromatic nitrogens is 1. The predicted molar refractivity (Wildman–Crippen MR) is 166 cm³/mol. The molecule has 1 N–H and O–H groups in total. The van der Waals surface area contributed by atoms with Crippen molar-refractivity contribution in [2.75, 3.05) is 25.1 Å². The molecule has 0 unspecified atom stereocenters. The van der Waals surface area contributed by atoms with E-state index in [1.165, 1.54) is 38.6 Å². The van der Waals surface area contributed by atoms with Gasteiger partial charge in [-0.1, -0.05) is 40.9 Å². The van der Waals surface area contributed by atoms with Gasteiger partial charge in [0.05, 0.1) is 31.0 Å². The van der Waals surface area contributed by atoms with Crippen LogP contribution in [-0.4, -0.2) is 45.9 Å².